The molecule has 6 heteroatoms. The van der Waals surface area contributed by atoms with Crippen molar-refractivity contribution in [1.29, 1.82) is 0 Å². The lowest BCUT2D eigenvalue weighted by Crippen LogP contribution is -2.35. The lowest BCUT2D eigenvalue weighted by Gasteiger charge is -2.23. The third-order valence-corrected chi connectivity index (χ3v) is 3.54. The maximum absolute atomic E-state index is 11.5. The molecule has 20 heavy (non-hydrogen) atoms. The number of nitrogens with one attached hydrogen (secondary N) is 1. The van der Waals surface area contributed by atoms with Crippen LogP contribution in [0.3, 0.4) is 0 Å². The van der Waals surface area contributed by atoms with E-state index in [2.05, 4.69) is 5.32 Å². The number of carbonyl (C=O) groups is 1. The summed E-state index contributed by atoms with van der Waals surface area (Å²) in [6, 6.07) is 2.55. The van der Waals surface area contributed by atoms with E-state index in [0.29, 0.717) is 35.3 Å². The number of hydrogen-bond acceptors (Lipinski definition) is 4. The highest BCUT2D eigenvalue weighted by molar-refractivity contribution is 6.32. The Hall–Kier alpha value is -1.46. The molecular formula is C14H18ClNO4. The molecule has 0 fully saturated rings. The number of carboxylic acids is 1. The Morgan fingerprint density at radius 1 is 1.45 bits per heavy atom. The van der Waals surface area contributed by atoms with Crippen LogP contribution in [-0.2, 0) is 4.79 Å². The normalized spacial score (nSPS) is 16.6. The molecule has 1 aliphatic heterocycles. The van der Waals surface area contributed by atoms with Crippen molar-refractivity contribution in [3.63, 3.8) is 0 Å². The first kappa shape index (κ1) is 14.9. The molecule has 0 spiro atoms. The summed E-state index contributed by atoms with van der Waals surface area (Å²) in [5.74, 6) is 0.0309. The number of halogens is 1. The SMILES string of the molecule is CCC(C)NC(C(=O)O)c1cc(Cl)c2c(c1)OCCO2. The molecule has 1 aliphatic rings. The van der Waals surface area contributed by atoms with E-state index in [-0.39, 0.29) is 6.04 Å². The van der Waals surface area contributed by atoms with Crippen LogP contribution < -0.4 is 14.8 Å². The number of carboxylic acid groups (broad SMARTS) is 1. The highest BCUT2D eigenvalue weighted by Crippen LogP contribution is 2.39. The molecule has 1 aromatic rings. The summed E-state index contributed by atoms with van der Waals surface area (Å²) in [6.45, 7) is 4.81. The van der Waals surface area contributed by atoms with E-state index in [1.54, 1.807) is 12.1 Å². The summed E-state index contributed by atoms with van der Waals surface area (Å²) in [7, 11) is 0. The lowest BCUT2D eigenvalue weighted by atomic mass is 10.0. The third-order valence-electron chi connectivity index (χ3n) is 3.26. The molecule has 2 unspecified atom stereocenters. The molecule has 0 saturated carbocycles. The monoisotopic (exact) mass is 299 g/mol. The van der Waals surface area contributed by atoms with Crippen molar-refractivity contribution in [1.82, 2.24) is 5.32 Å². The van der Waals surface area contributed by atoms with E-state index in [0.717, 1.165) is 6.42 Å². The number of benzene rings is 1. The van der Waals surface area contributed by atoms with Crippen LogP contribution in [0, 0.1) is 0 Å². The first-order chi connectivity index (χ1) is 9.52. The summed E-state index contributed by atoms with van der Waals surface area (Å²) in [6.07, 6.45) is 0.835. The molecule has 2 N–H and O–H groups in total. The molecule has 0 saturated heterocycles. The van der Waals surface area contributed by atoms with Gasteiger partial charge in [-0.15, -0.1) is 0 Å². The quantitative estimate of drug-likeness (QED) is 0.875. The molecule has 0 aromatic heterocycles. The molecule has 5 nitrogen and oxygen atoms in total. The van der Waals surface area contributed by atoms with Gasteiger partial charge in [0.25, 0.3) is 0 Å². The van der Waals surface area contributed by atoms with Crippen LogP contribution in [0.5, 0.6) is 11.5 Å². The second-order valence-corrected chi connectivity index (χ2v) is 5.18. The molecule has 0 aliphatic carbocycles. The number of ether oxygens (including phenoxy) is 2. The Kier molecular flexibility index (Phi) is 4.73. The van der Waals surface area contributed by atoms with Gasteiger partial charge in [0.15, 0.2) is 11.5 Å². The number of fused-ring (bicyclic) bond motifs is 1. The van der Waals surface area contributed by atoms with Gasteiger partial charge in [-0.1, -0.05) is 18.5 Å². The molecule has 0 bridgehead atoms. The van der Waals surface area contributed by atoms with E-state index in [1.165, 1.54) is 0 Å². The van der Waals surface area contributed by atoms with E-state index in [9.17, 15) is 9.90 Å². The van der Waals surface area contributed by atoms with Gasteiger partial charge in [-0.3, -0.25) is 10.1 Å². The van der Waals surface area contributed by atoms with Gasteiger partial charge in [-0.05, 0) is 31.0 Å². The van der Waals surface area contributed by atoms with Crippen molar-refractivity contribution < 1.29 is 19.4 Å². The highest BCUT2D eigenvalue weighted by atomic mass is 35.5. The smallest absolute Gasteiger partial charge is 0.325 e. The van der Waals surface area contributed by atoms with E-state index in [1.807, 2.05) is 13.8 Å². The zero-order valence-corrected chi connectivity index (χ0v) is 12.2. The maximum Gasteiger partial charge on any atom is 0.325 e. The van der Waals surface area contributed by atoms with Crippen molar-refractivity contribution in [3.8, 4) is 11.5 Å². The van der Waals surface area contributed by atoms with Crippen LogP contribution in [0.2, 0.25) is 5.02 Å². The minimum absolute atomic E-state index is 0.0862. The molecule has 2 atom stereocenters. The van der Waals surface area contributed by atoms with E-state index in [4.69, 9.17) is 21.1 Å². The van der Waals surface area contributed by atoms with Gasteiger partial charge in [0.1, 0.15) is 19.3 Å². The number of aliphatic carboxylic acids is 1. The van der Waals surface area contributed by atoms with Crippen LogP contribution >= 0.6 is 11.6 Å². The first-order valence-electron chi connectivity index (χ1n) is 6.60. The molecule has 2 rings (SSSR count). The second-order valence-electron chi connectivity index (χ2n) is 4.77. The Bertz CT molecular complexity index is 506. The zero-order valence-electron chi connectivity index (χ0n) is 11.5. The van der Waals surface area contributed by atoms with Crippen LogP contribution in [-0.4, -0.2) is 30.3 Å². The fourth-order valence-corrected chi connectivity index (χ4v) is 2.28. The van der Waals surface area contributed by atoms with Gasteiger partial charge in [0.05, 0.1) is 5.02 Å². The summed E-state index contributed by atoms with van der Waals surface area (Å²) in [5, 5.41) is 12.8. The van der Waals surface area contributed by atoms with Crippen LogP contribution in [0.15, 0.2) is 12.1 Å². The predicted molar refractivity (Wildman–Crippen MR) is 75.7 cm³/mol. The molecule has 0 amide bonds. The van der Waals surface area contributed by atoms with Crippen LogP contribution in [0.1, 0.15) is 31.9 Å². The van der Waals surface area contributed by atoms with Gasteiger partial charge in [0, 0.05) is 6.04 Å². The summed E-state index contributed by atoms with van der Waals surface area (Å²) in [4.78, 5) is 11.5. The maximum atomic E-state index is 11.5. The van der Waals surface area contributed by atoms with Gasteiger partial charge in [-0.25, -0.2) is 0 Å². The van der Waals surface area contributed by atoms with Crippen molar-refractivity contribution >= 4 is 17.6 Å². The van der Waals surface area contributed by atoms with E-state index >= 15 is 0 Å². The Morgan fingerprint density at radius 2 is 2.15 bits per heavy atom. The average molecular weight is 300 g/mol. The minimum Gasteiger partial charge on any atom is -0.486 e. The largest absolute Gasteiger partial charge is 0.486 e. The Labute approximate surface area is 122 Å². The molecular weight excluding hydrogens is 282 g/mol. The molecule has 1 heterocycles. The molecule has 110 valence electrons. The Balaban J connectivity index is 2.33. The zero-order chi connectivity index (χ0) is 14.7. The minimum atomic E-state index is -0.946. The average Bonchev–Trinajstić information content (AvgIpc) is 2.44. The summed E-state index contributed by atoms with van der Waals surface area (Å²) < 4.78 is 10.9. The number of rotatable bonds is 5. The standard InChI is InChI=1S/C14H18ClNO4/c1-3-8(2)16-12(14(17)18)9-6-10(15)13-11(7-9)19-4-5-20-13/h6-8,12,16H,3-5H2,1-2H3,(H,17,18). The molecule has 0 radical (unpaired) electrons. The topological polar surface area (TPSA) is 67.8 Å². The Morgan fingerprint density at radius 3 is 2.80 bits per heavy atom. The summed E-state index contributed by atoms with van der Waals surface area (Å²) in [5.41, 5.74) is 0.562. The lowest BCUT2D eigenvalue weighted by molar-refractivity contribution is -0.139. The van der Waals surface area contributed by atoms with Crippen molar-refractivity contribution in [2.24, 2.45) is 0 Å². The van der Waals surface area contributed by atoms with Gasteiger partial charge in [-0.2, -0.15) is 0 Å². The first-order valence-corrected chi connectivity index (χ1v) is 6.98. The predicted octanol–water partition coefficient (Wildman–Crippen LogP) is 2.63. The van der Waals surface area contributed by atoms with Gasteiger partial charge < -0.3 is 14.6 Å². The van der Waals surface area contributed by atoms with E-state index < -0.39 is 12.0 Å². The second kappa shape index (κ2) is 6.33. The van der Waals surface area contributed by atoms with Crippen LogP contribution in [0.25, 0.3) is 0 Å². The van der Waals surface area contributed by atoms with Crippen molar-refractivity contribution in [3.05, 3.63) is 22.7 Å². The van der Waals surface area contributed by atoms with Gasteiger partial charge in [0.2, 0.25) is 0 Å². The van der Waals surface area contributed by atoms with Crippen molar-refractivity contribution in [2.75, 3.05) is 13.2 Å². The number of hydrogen-bond donors (Lipinski definition) is 2. The summed E-state index contributed by atoms with van der Waals surface area (Å²) >= 11 is 6.14. The van der Waals surface area contributed by atoms with Gasteiger partial charge >= 0.3 is 5.97 Å². The highest BCUT2D eigenvalue weighted by Gasteiger charge is 2.25. The molecule has 1 aromatic carbocycles. The van der Waals surface area contributed by atoms with Crippen molar-refractivity contribution in [2.45, 2.75) is 32.4 Å². The van der Waals surface area contributed by atoms with Crippen LogP contribution in [0.4, 0.5) is 0 Å². The fourth-order valence-electron chi connectivity index (χ4n) is 2.01. The third kappa shape index (κ3) is 3.16. The fraction of sp³-hybridized carbons (Fsp3) is 0.500.